The van der Waals surface area contributed by atoms with E-state index in [1.165, 1.54) is 6.42 Å². The Kier molecular flexibility index (Phi) is 3.94. The SMILES string of the molecule is COc1ccc(C(=O)Cn2nn[n+]3c2CCCCC3)cc1. The molecule has 0 N–H and O–H groups in total. The number of benzene rings is 1. The van der Waals surface area contributed by atoms with Crippen LogP contribution in [0.15, 0.2) is 24.3 Å². The van der Waals surface area contributed by atoms with E-state index in [0.717, 1.165) is 37.4 Å². The monoisotopic (exact) mass is 287 g/mol. The third-order valence-electron chi connectivity index (χ3n) is 3.83. The summed E-state index contributed by atoms with van der Waals surface area (Å²) >= 11 is 0. The Labute approximate surface area is 123 Å². The number of hydrogen-bond donors (Lipinski definition) is 0. The highest BCUT2D eigenvalue weighted by molar-refractivity contribution is 5.95. The van der Waals surface area contributed by atoms with E-state index in [2.05, 4.69) is 10.4 Å². The maximum Gasteiger partial charge on any atom is 0.257 e. The molecule has 0 aliphatic carbocycles. The summed E-state index contributed by atoms with van der Waals surface area (Å²) in [4.78, 5) is 12.3. The van der Waals surface area contributed by atoms with Gasteiger partial charge in [-0.25, -0.2) is 0 Å². The number of rotatable bonds is 4. The van der Waals surface area contributed by atoms with Crippen LogP contribution >= 0.6 is 0 Å². The summed E-state index contributed by atoms with van der Waals surface area (Å²) in [6.07, 6.45) is 4.39. The third-order valence-corrected chi connectivity index (χ3v) is 3.83. The number of Topliss-reactive ketones (excluding diaryl/α,β-unsaturated/α-hetero) is 1. The molecule has 0 amide bonds. The minimum atomic E-state index is 0.0372. The molecule has 2 heterocycles. The molecular weight excluding hydrogens is 268 g/mol. The van der Waals surface area contributed by atoms with Crippen LogP contribution in [0.1, 0.15) is 35.4 Å². The van der Waals surface area contributed by atoms with Crippen LogP contribution in [0.4, 0.5) is 0 Å². The fourth-order valence-corrected chi connectivity index (χ4v) is 2.61. The molecule has 0 unspecified atom stereocenters. The molecule has 2 aromatic rings. The van der Waals surface area contributed by atoms with E-state index in [1.54, 1.807) is 36.1 Å². The smallest absolute Gasteiger partial charge is 0.257 e. The first-order valence-electron chi connectivity index (χ1n) is 7.27. The van der Waals surface area contributed by atoms with Crippen molar-refractivity contribution in [3.63, 3.8) is 0 Å². The van der Waals surface area contributed by atoms with E-state index in [9.17, 15) is 4.79 Å². The van der Waals surface area contributed by atoms with Crippen LogP contribution in [-0.4, -0.2) is 28.0 Å². The number of methoxy groups -OCH3 is 1. The Morgan fingerprint density at radius 1 is 1.29 bits per heavy atom. The van der Waals surface area contributed by atoms with Gasteiger partial charge in [0.2, 0.25) is 5.78 Å². The van der Waals surface area contributed by atoms with Gasteiger partial charge in [-0.3, -0.25) is 4.79 Å². The van der Waals surface area contributed by atoms with E-state index < -0.39 is 0 Å². The Morgan fingerprint density at radius 2 is 2.10 bits per heavy atom. The van der Waals surface area contributed by atoms with Gasteiger partial charge in [0.05, 0.1) is 13.7 Å². The quantitative estimate of drug-likeness (QED) is 0.626. The summed E-state index contributed by atoms with van der Waals surface area (Å²) in [5.41, 5.74) is 0.665. The van der Waals surface area contributed by atoms with Crippen LogP contribution in [0.3, 0.4) is 0 Å². The van der Waals surface area contributed by atoms with Gasteiger partial charge in [0.15, 0.2) is 11.8 Å². The molecule has 110 valence electrons. The zero-order valence-corrected chi connectivity index (χ0v) is 12.2. The molecule has 0 saturated carbocycles. The van der Waals surface area contributed by atoms with Crippen LogP contribution in [0.25, 0.3) is 0 Å². The zero-order valence-electron chi connectivity index (χ0n) is 12.2. The van der Waals surface area contributed by atoms with Gasteiger partial charge in [0.1, 0.15) is 11.0 Å². The lowest BCUT2D eigenvalue weighted by Gasteiger charge is -2.01. The van der Waals surface area contributed by atoms with Gasteiger partial charge >= 0.3 is 0 Å². The highest BCUT2D eigenvalue weighted by Gasteiger charge is 2.24. The molecule has 0 radical (unpaired) electrons. The fourth-order valence-electron chi connectivity index (χ4n) is 2.61. The number of hydrogen-bond acceptors (Lipinski definition) is 4. The average molecular weight is 287 g/mol. The van der Waals surface area contributed by atoms with Crippen molar-refractivity contribution < 1.29 is 14.2 Å². The van der Waals surface area contributed by atoms with Crippen LogP contribution in [0, 0.1) is 0 Å². The molecule has 0 bridgehead atoms. The summed E-state index contributed by atoms with van der Waals surface area (Å²) in [6.45, 7) is 1.13. The van der Waals surface area contributed by atoms with Crippen molar-refractivity contribution in [3.05, 3.63) is 35.7 Å². The van der Waals surface area contributed by atoms with E-state index in [1.807, 2.05) is 4.68 Å². The van der Waals surface area contributed by atoms with Crippen molar-refractivity contribution >= 4 is 5.78 Å². The van der Waals surface area contributed by atoms with Gasteiger partial charge in [0.25, 0.3) is 5.82 Å². The maximum absolute atomic E-state index is 12.3. The first-order valence-corrected chi connectivity index (χ1v) is 7.27. The summed E-state index contributed by atoms with van der Waals surface area (Å²) in [5, 5.41) is 8.27. The van der Waals surface area contributed by atoms with E-state index in [4.69, 9.17) is 4.74 Å². The van der Waals surface area contributed by atoms with E-state index in [0.29, 0.717) is 5.56 Å². The topological polar surface area (TPSA) is 60.9 Å². The van der Waals surface area contributed by atoms with Crippen LogP contribution in [-0.2, 0) is 19.5 Å². The number of aryl methyl sites for hydroxylation is 1. The first kappa shape index (κ1) is 13.7. The van der Waals surface area contributed by atoms with Crippen molar-refractivity contribution in [2.24, 2.45) is 0 Å². The zero-order chi connectivity index (χ0) is 14.7. The van der Waals surface area contributed by atoms with Crippen molar-refractivity contribution in [1.82, 2.24) is 15.1 Å². The van der Waals surface area contributed by atoms with Crippen molar-refractivity contribution in [1.29, 1.82) is 0 Å². The standard InChI is InChI=1S/C15H19N4O2/c1-21-13-8-6-12(7-9-13)14(20)11-19-15-5-3-2-4-10-18(15)16-17-19/h6-9H,2-5,10-11H2,1H3/q+1. The summed E-state index contributed by atoms with van der Waals surface area (Å²) in [5.74, 6) is 1.83. The van der Waals surface area contributed by atoms with Crippen LogP contribution in [0.5, 0.6) is 5.75 Å². The minimum absolute atomic E-state index is 0.0372. The second-order valence-corrected chi connectivity index (χ2v) is 5.24. The maximum atomic E-state index is 12.3. The number of aromatic nitrogens is 4. The Bertz CT molecular complexity index is 634. The van der Waals surface area contributed by atoms with Crippen LogP contribution in [0.2, 0.25) is 0 Å². The number of ketones is 1. The molecule has 0 spiro atoms. The normalized spacial score (nSPS) is 14.3. The second-order valence-electron chi connectivity index (χ2n) is 5.24. The van der Waals surface area contributed by atoms with Gasteiger partial charge < -0.3 is 4.74 Å². The van der Waals surface area contributed by atoms with Crippen LogP contribution < -0.4 is 9.42 Å². The lowest BCUT2D eigenvalue weighted by molar-refractivity contribution is -0.760. The molecule has 0 atom stereocenters. The number of ether oxygens (including phenoxy) is 1. The molecule has 1 aromatic heterocycles. The van der Waals surface area contributed by atoms with Crippen molar-refractivity contribution in [3.8, 4) is 5.75 Å². The predicted octanol–water partition coefficient (Wildman–Crippen LogP) is 1.18. The molecule has 1 aliphatic heterocycles. The highest BCUT2D eigenvalue weighted by Crippen LogP contribution is 2.13. The van der Waals surface area contributed by atoms with Gasteiger partial charge in [-0.05, 0) is 43.5 Å². The first-order chi connectivity index (χ1) is 10.3. The third kappa shape index (κ3) is 2.94. The van der Waals surface area contributed by atoms with Gasteiger partial charge in [-0.1, -0.05) is 4.68 Å². The highest BCUT2D eigenvalue weighted by atomic mass is 16.5. The van der Waals surface area contributed by atoms with E-state index >= 15 is 0 Å². The minimum Gasteiger partial charge on any atom is -0.497 e. The van der Waals surface area contributed by atoms with Crippen molar-refractivity contribution in [2.75, 3.05) is 7.11 Å². The van der Waals surface area contributed by atoms with E-state index in [-0.39, 0.29) is 12.3 Å². The lowest BCUT2D eigenvalue weighted by atomic mass is 10.1. The molecule has 1 aliphatic rings. The summed E-state index contributed by atoms with van der Waals surface area (Å²) in [7, 11) is 1.61. The average Bonchev–Trinajstić information content (AvgIpc) is 2.75. The Morgan fingerprint density at radius 3 is 2.86 bits per heavy atom. The predicted molar refractivity (Wildman–Crippen MR) is 75.1 cm³/mol. The summed E-state index contributed by atoms with van der Waals surface area (Å²) in [6, 6.07) is 7.15. The molecule has 6 nitrogen and oxygen atoms in total. The summed E-state index contributed by atoms with van der Waals surface area (Å²) < 4.78 is 8.76. The molecule has 0 fully saturated rings. The molecular formula is C15H19N4O2+. The number of nitrogens with zero attached hydrogens (tertiary/aromatic N) is 4. The van der Waals surface area contributed by atoms with Crippen molar-refractivity contribution in [2.45, 2.75) is 38.8 Å². The molecule has 1 aromatic carbocycles. The second kappa shape index (κ2) is 6.03. The largest absolute Gasteiger partial charge is 0.497 e. The number of tetrazole rings is 1. The molecule has 21 heavy (non-hydrogen) atoms. The molecule has 0 saturated heterocycles. The fraction of sp³-hybridized carbons (Fsp3) is 0.467. The van der Waals surface area contributed by atoms with Gasteiger partial charge in [0, 0.05) is 12.0 Å². The lowest BCUT2D eigenvalue weighted by Crippen LogP contribution is -2.39. The number of carbonyl (C=O) groups excluding carboxylic acids is 1. The number of fused-ring (bicyclic) bond motifs is 1. The van der Waals surface area contributed by atoms with Gasteiger partial charge in [-0.2, -0.15) is 0 Å². The Hall–Kier alpha value is -2.24. The molecule has 6 heteroatoms. The van der Waals surface area contributed by atoms with Gasteiger partial charge in [-0.15, -0.1) is 4.68 Å². The molecule has 3 rings (SSSR count). The Balaban J connectivity index is 1.76. The number of carbonyl (C=O) groups is 1.